The summed E-state index contributed by atoms with van der Waals surface area (Å²) < 4.78 is 4.48. The van der Waals surface area contributed by atoms with E-state index >= 15 is 0 Å². The van der Waals surface area contributed by atoms with Crippen LogP contribution < -0.4 is 0 Å². The molecule has 0 saturated carbocycles. The zero-order valence-electron chi connectivity index (χ0n) is 12.1. The van der Waals surface area contributed by atoms with Gasteiger partial charge in [-0.2, -0.15) is 10.2 Å². The standard InChI is InChI=1S/C13H18BrN5O/c1-5-19-9(2)10(6-16-19)13(20)17(3)8-12-11(14)7-15-18(12)4/h6-7H,5,8H2,1-4H3. The third kappa shape index (κ3) is 2.63. The van der Waals surface area contributed by atoms with Crippen LogP contribution >= 0.6 is 15.9 Å². The van der Waals surface area contributed by atoms with Gasteiger partial charge in [0.2, 0.25) is 0 Å². The van der Waals surface area contributed by atoms with Crippen LogP contribution in [-0.4, -0.2) is 37.4 Å². The Kier molecular flexibility index (Phi) is 4.27. The van der Waals surface area contributed by atoms with Gasteiger partial charge in [0.25, 0.3) is 5.91 Å². The van der Waals surface area contributed by atoms with E-state index in [9.17, 15) is 4.79 Å². The molecule has 6 nitrogen and oxygen atoms in total. The first kappa shape index (κ1) is 14.8. The molecule has 0 unspecified atom stereocenters. The van der Waals surface area contributed by atoms with E-state index in [1.54, 1.807) is 29.0 Å². The van der Waals surface area contributed by atoms with Gasteiger partial charge in [-0.05, 0) is 29.8 Å². The Labute approximate surface area is 126 Å². The number of aromatic nitrogens is 4. The molecule has 0 aliphatic rings. The number of halogens is 1. The smallest absolute Gasteiger partial charge is 0.257 e. The van der Waals surface area contributed by atoms with Gasteiger partial charge in [-0.1, -0.05) is 0 Å². The van der Waals surface area contributed by atoms with Gasteiger partial charge in [0.1, 0.15) is 0 Å². The minimum absolute atomic E-state index is 0.0321. The van der Waals surface area contributed by atoms with Crippen molar-refractivity contribution in [3.63, 3.8) is 0 Å². The van der Waals surface area contributed by atoms with E-state index in [0.29, 0.717) is 12.1 Å². The van der Waals surface area contributed by atoms with Crippen LogP contribution in [0.5, 0.6) is 0 Å². The molecule has 0 aliphatic carbocycles. The van der Waals surface area contributed by atoms with Gasteiger partial charge in [-0.25, -0.2) is 0 Å². The van der Waals surface area contributed by atoms with Crippen molar-refractivity contribution < 1.29 is 4.79 Å². The third-order valence-electron chi connectivity index (χ3n) is 3.38. The number of amides is 1. The Bertz CT molecular complexity index is 611. The summed E-state index contributed by atoms with van der Waals surface area (Å²) in [4.78, 5) is 14.1. The number of carbonyl (C=O) groups is 1. The molecule has 108 valence electrons. The molecule has 0 bridgehead atoms. The molecule has 0 spiro atoms. The molecule has 0 aliphatic heterocycles. The molecule has 0 atom stereocenters. The van der Waals surface area contributed by atoms with E-state index in [2.05, 4.69) is 26.1 Å². The quantitative estimate of drug-likeness (QED) is 0.855. The zero-order chi connectivity index (χ0) is 14.9. The second kappa shape index (κ2) is 5.78. The predicted molar refractivity (Wildman–Crippen MR) is 79.3 cm³/mol. The SMILES string of the molecule is CCn1ncc(C(=O)N(C)Cc2c(Br)cnn2C)c1C. The van der Waals surface area contributed by atoms with E-state index in [-0.39, 0.29) is 5.91 Å². The molecule has 0 fully saturated rings. The highest BCUT2D eigenvalue weighted by atomic mass is 79.9. The molecule has 2 heterocycles. The summed E-state index contributed by atoms with van der Waals surface area (Å²) in [5.41, 5.74) is 2.50. The molecule has 0 aromatic carbocycles. The summed E-state index contributed by atoms with van der Waals surface area (Å²) >= 11 is 3.44. The summed E-state index contributed by atoms with van der Waals surface area (Å²) in [5, 5.41) is 8.36. The second-order valence-corrected chi connectivity index (χ2v) is 5.54. The summed E-state index contributed by atoms with van der Waals surface area (Å²) in [6, 6.07) is 0. The first-order valence-corrected chi connectivity index (χ1v) is 7.19. The van der Waals surface area contributed by atoms with Crippen LogP contribution in [0.3, 0.4) is 0 Å². The predicted octanol–water partition coefficient (Wildman–Crippen LogP) is 1.98. The van der Waals surface area contributed by atoms with E-state index < -0.39 is 0 Å². The Balaban J connectivity index is 2.19. The van der Waals surface area contributed by atoms with E-state index in [1.165, 1.54) is 0 Å². The second-order valence-electron chi connectivity index (χ2n) is 4.68. The van der Waals surface area contributed by atoms with E-state index in [4.69, 9.17) is 0 Å². The average Bonchev–Trinajstić information content (AvgIpc) is 2.94. The maximum atomic E-state index is 12.5. The molecule has 2 aromatic rings. The lowest BCUT2D eigenvalue weighted by Crippen LogP contribution is -2.27. The van der Waals surface area contributed by atoms with Crippen LogP contribution in [0.1, 0.15) is 28.7 Å². The summed E-state index contributed by atoms with van der Waals surface area (Å²) in [6.45, 7) is 5.17. The molecule has 1 amide bonds. The number of nitrogens with zero attached hydrogens (tertiary/aromatic N) is 5. The summed E-state index contributed by atoms with van der Waals surface area (Å²) in [6.07, 6.45) is 3.37. The Hall–Kier alpha value is -1.63. The van der Waals surface area contributed by atoms with Gasteiger partial charge >= 0.3 is 0 Å². The average molecular weight is 340 g/mol. The van der Waals surface area contributed by atoms with Crippen molar-refractivity contribution in [2.45, 2.75) is 26.9 Å². The number of hydrogen-bond donors (Lipinski definition) is 0. The van der Waals surface area contributed by atoms with Crippen molar-refractivity contribution in [2.24, 2.45) is 7.05 Å². The molecule has 2 rings (SSSR count). The van der Waals surface area contributed by atoms with Crippen molar-refractivity contribution in [1.82, 2.24) is 24.5 Å². The molecule has 20 heavy (non-hydrogen) atoms. The van der Waals surface area contributed by atoms with Crippen molar-refractivity contribution in [2.75, 3.05) is 7.05 Å². The maximum Gasteiger partial charge on any atom is 0.257 e. The Morgan fingerprint density at radius 3 is 2.60 bits per heavy atom. The van der Waals surface area contributed by atoms with Gasteiger partial charge in [-0.3, -0.25) is 14.2 Å². The van der Waals surface area contributed by atoms with Gasteiger partial charge in [-0.15, -0.1) is 0 Å². The van der Waals surface area contributed by atoms with Gasteiger partial charge in [0, 0.05) is 26.3 Å². The lowest BCUT2D eigenvalue weighted by molar-refractivity contribution is 0.0781. The Morgan fingerprint density at radius 1 is 1.40 bits per heavy atom. The van der Waals surface area contributed by atoms with Crippen molar-refractivity contribution in [1.29, 1.82) is 0 Å². The molecular formula is C13H18BrN5O. The van der Waals surface area contributed by atoms with Crippen molar-refractivity contribution >= 4 is 21.8 Å². The zero-order valence-corrected chi connectivity index (χ0v) is 13.7. The fraction of sp³-hybridized carbons (Fsp3) is 0.462. The van der Waals surface area contributed by atoms with Crippen LogP contribution in [0.2, 0.25) is 0 Å². The van der Waals surface area contributed by atoms with Crippen LogP contribution in [0, 0.1) is 6.92 Å². The van der Waals surface area contributed by atoms with E-state index in [0.717, 1.165) is 22.4 Å². The minimum Gasteiger partial charge on any atom is -0.336 e. The number of carbonyl (C=O) groups excluding carboxylic acids is 1. The van der Waals surface area contributed by atoms with Gasteiger partial charge in [0.15, 0.2) is 0 Å². The largest absolute Gasteiger partial charge is 0.336 e. The normalized spacial score (nSPS) is 10.8. The lowest BCUT2D eigenvalue weighted by Gasteiger charge is -2.17. The number of hydrogen-bond acceptors (Lipinski definition) is 3. The summed E-state index contributed by atoms with van der Waals surface area (Å²) in [5.74, 6) is -0.0321. The van der Waals surface area contributed by atoms with E-state index in [1.807, 2.05) is 25.6 Å². The molecule has 0 N–H and O–H groups in total. The number of rotatable bonds is 4. The van der Waals surface area contributed by atoms with Crippen LogP contribution in [0.25, 0.3) is 0 Å². The molecular weight excluding hydrogens is 322 g/mol. The third-order valence-corrected chi connectivity index (χ3v) is 4.04. The van der Waals surface area contributed by atoms with Crippen LogP contribution in [0.15, 0.2) is 16.9 Å². The Morgan fingerprint density at radius 2 is 2.10 bits per heavy atom. The van der Waals surface area contributed by atoms with Crippen LogP contribution in [-0.2, 0) is 20.1 Å². The molecule has 0 saturated heterocycles. The minimum atomic E-state index is -0.0321. The van der Waals surface area contributed by atoms with Gasteiger partial charge < -0.3 is 4.90 Å². The number of aryl methyl sites for hydroxylation is 2. The first-order chi connectivity index (χ1) is 9.45. The van der Waals surface area contributed by atoms with Crippen molar-refractivity contribution in [3.05, 3.63) is 33.8 Å². The molecule has 7 heteroatoms. The highest BCUT2D eigenvalue weighted by molar-refractivity contribution is 9.10. The van der Waals surface area contributed by atoms with Gasteiger partial charge in [0.05, 0.1) is 34.7 Å². The summed E-state index contributed by atoms with van der Waals surface area (Å²) in [7, 11) is 3.64. The molecule has 2 aromatic heterocycles. The van der Waals surface area contributed by atoms with Crippen molar-refractivity contribution in [3.8, 4) is 0 Å². The fourth-order valence-electron chi connectivity index (χ4n) is 2.09. The fourth-order valence-corrected chi connectivity index (χ4v) is 2.56. The lowest BCUT2D eigenvalue weighted by atomic mass is 10.2. The maximum absolute atomic E-state index is 12.5. The molecule has 0 radical (unpaired) electrons. The first-order valence-electron chi connectivity index (χ1n) is 6.40. The van der Waals surface area contributed by atoms with Crippen LogP contribution in [0.4, 0.5) is 0 Å². The topological polar surface area (TPSA) is 56.0 Å². The highest BCUT2D eigenvalue weighted by Gasteiger charge is 2.19. The highest BCUT2D eigenvalue weighted by Crippen LogP contribution is 2.18. The monoisotopic (exact) mass is 339 g/mol.